The van der Waals surface area contributed by atoms with Crippen molar-refractivity contribution in [3.8, 4) is 11.4 Å². The Hall–Kier alpha value is -1.64. The van der Waals surface area contributed by atoms with E-state index in [1.165, 1.54) is 0 Å². The monoisotopic (exact) mass is 458 g/mol. The lowest BCUT2D eigenvalue weighted by Crippen LogP contribution is -2.43. The summed E-state index contributed by atoms with van der Waals surface area (Å²) in [6, 6.07) is 4.85. The maximum absolute atomic E-state index is 13.1. The minimum Gasteiger partial charge on any atom is -0.337 e. The number of carbonyl (C=O) groups excluding carboxylic acids is 1. The van der Waals surface area contributed by atoms with Gasteiger partial charge in [-0.1, -0.05) is 36.5 Å². The molecule has 1 amide bonds. The summed E-state index contributed by atoms with van der Waals surface area (Å²) in [5.74, 6) is 1.04. The van der Waals surface area contributed by atoms with E-state index in [0.717, 1.165) is 12.8 Å². The molecule has 1 fully saturated rings. The summed E-state index contributed by atoms with van der Waals surface area (Å²) >= 11 is 12.1. The Morgan fingerprint density at radius 3 is 2.69 bits per heavy atom. The molecule has 1 aliphatic rings. The molecule has 0 spiro atoms. The molecule has 0 saturated carbocycles. The summed E-state index contributed by atoms with van der Waals surface area (Å²) in [4.78, 5) is 19.3. The van der Waals surface area contributed by atoms with Crippen molar-refractivity contribution < 1.29 is 13.2 Å². The van der Waals surface area contributed by atoms with Crippen molar-refractivity contribution in [2.75, 3.05) is 18.1 Å². The van der Waals surface area contributed by atoms with Crippen molar-refractivity contribution in [2.24, 2.45) is 0 Å². The highest BCUT2D eigenvalue weighted by molar-refractivity contribution is 7.91. The van der Waals surface area contributed by atoms with E-state index in [1.54, 1.807) is 34.7 Å². The average molecular weight is 459 g/mol. The largest absolute Gasteiger partial charge is 0.337 e. The lowest BCUT2D eigenvalue weighted by Gasteiger charge is -2.28. The first kappa shape index (κ1) is 22.1. The highest BCUT2D eigenvalue weighted by atomic mass is 35.5. The number of sulfone groups is 1. The van der Waals surface area contributed by atoms with Gasteiger partial charge in [-0.15, -0.1) is 0 Å². The van der Waals surface area contributed by atoms with Crippen LogP contribution in [-0.2, 0) is 21.2 Å². The highest BCUT2D eigenvalue weighted by Gasteiger charge is 2.34. The third-order valence-electron chi connectivity index (χ3n) is 4.96. The van der Waals surface area contributed by atoms with Gasteiger partial charge in [0.25, 0.3) is 0 Å². The lowest BCUT2D eigenvalue weighted by atomic mass is 10.2. The molecular formula is C19H24Cl2N4O3S. The van der Waals surface area contributed by atoms with Crippen LogP contribution in [0.4, 0.5) is 0 Å². The highest BCUT2D eigenvalue weighted by Crippen LogP contribution is 2.28. The van der Waals surface area contributed by atoms with E-state index in [0.29, 0.717) is 40.2 Å². The normalized spacial score (nSPS) is 18.1. The molecule has 10 heteroatoms. The van der Waals surface area contributed by atoms with Crippen molar-refractivity contribution in [1.82, 2.24) is 19.7 Å². The van der Waals surface area contributed by atoms with Gasteiger partial charge in [0, 0.05) is 18.2 Å². The van der Waals surface area contributed by atoms with Crippen molar-refractivity contribution in [3.63, 3.8) is 0 Å². The Morgan fingerprint density at radius 1 is 1.31 bits per heavy atom. The van der Waals surface area contributed by atoms with Crippen LogP contribution < -0.4 is 0 Å². The second-order valence-electron chi connectivity index (χ2n) is 7.27. The number of hydrogen-bond donors (Lipinski definition) is 0. The van der Waals surface area contributed by atoms with Crippen molar-refractivity contribution in [3.05, 3.63) is 34.1 Å². The molecule has 0 N–H and O–H groups in total. The SMILES string of the molecule is CCCCN(C(=O)Cn1nc(C)nc1-c1ccc(Cl)c(Cl)c1)C1CCS(=O)(=O)C1. The smallest absolute Gasteiger partial charge is 0.244 e. The number of nitrogens with zero attached hydrogens (tertiary/aromatic N) is 4. The average Bonchev–Trinajstić information content (AvgIpc) is 3.19. The Balaban J connectivity index is 1.85. The summed E-state index contributed by atoms with van der Waals surface area (Å²) in [5, 5.41) is 5.19. The molecule has 7 nitrogen and oxygen atoms in total. The topological polar surface area (TPSA) is 85.2 Å². The number of carbonyl (C=O) groups is 1. The number of unbranched alkanes of at least 4 members (excludes halogenated alkanes) is 1. The van der Waals surface area contributed by atoms with Gasteiger partial charge in [-0.2, -0.15) is 5.10 Å². The first-order valence-electron chi connectivity index (χ1n) is 9.57. The van der Waals surface area contributed by atoms with Crippen LogP contribution in [-0.4, -0.2) is 58.1 Å². The Labute approximate surface area is 180 Å². The minimum atomic E-state index is -3.08. The molecule has 2 heterocycles. The van der Waals surface area contributed by atoms with Gasteiger partial charge in [0.15, 0.2) is 15.7 Å². The number of benzene rings is 1. The number of hydrogen-bond acceptors (Lipinski definition) is 5. The fraction of sp³-hybridized carbons (Fsp3) is 0.526. The molecule has 1 unspecified atom stereocenters. The molecule has 158 valence electrons. The molecule has 1 atom stereocenters. The predicted molar refractivity (Wildman–Crippen MR) is 114 cm³/mol. The standard InChI is InChI=1S/C19H24Cl2N4O3S/c1-3-4-8-24(15-7-9-29(27,28)12-15)18(26)11-25-19(22-13(2)23-25)14-5-6-16(20)17(21)10-14/h5-6,10,15H,3-4,7-9,11-12H2,1-2H3. The molecular weight excluding hydrogens is 435 g/mol. The molecule has 1 aromatic heterocycles. The third-order valence-corrected chi connectivity index (χ3v) is 7.45. The van der Waals surface area contributed by atoms with Gasteiger partial charge in [-0.05, 0) is 38.0 Å². The molecule has 0 aliphatic carbocycles. The number of rotatable bonds is 7. The fourth-order valence-electron chi connectivity index (χ4n) is 3.49. The second-order valence-corrected chi connectivity index (χ2v) is 10.3. The van der Waals surface area contributed by atoms with E-state index < -0.39 is 9.84 Å². The maximum Gasteiger partial charge on any atom is 0.244 e. The third kappa shape index (κ3) is 5.29. The molecule has 1 aromatic carbocycles. The first-order chi connectivity index (χ1) is 13.7. The second kappa shape index (κ2) is 9.02. The van der Waals surface area contributed by atoms with Gasteiger partial charge < -0.3 is 4.90 Å². The van der Waals surface area contributed by atoms with Gasteiger partial charge in [0.2, 0.25) is 5.91 Å². The van der Waals surface area contributed by atoms with Gasteiger partial charge >= 0.3 is 0 Å². The minimum absolute atomic E-state index is 0.0172. The number of halogens is 2. The summed E-state index contributed by atoms with van der Waals surface area (Å²) in [5.41, 5.74) is 0.705. The van der Waals surface area contributed by atoms with Crippen LogP contribution >= 0.6 is 23.2 Å². The quantitative estimate of drug-likeness (QED) is 0.634. The van der Waals surface area contributed by atoms with E-state index in [2.05, 4.69) is 10.1 Å². The fourth-order valence-corrected chi connectivity index (χ4v) is 5.52. The van der Waals surface area contributed by atoms with Crippen LogP contribution in [0, 0.1) is 6.92 Å². The van der Waals surface area contributed by atoms with E-state index in [-0.39, 0.29) is 30.0 Å². The maximum atomic E-state index is 13.1. The molecule has 29 heavy (non-hydrogen) atoms. The summed E-state index contributed by atoms with van der Waals surface area (Å²) in [6.45, 7) is 4.31. The van der Waals surface area contributed by atoms with Gasteiger partial charge in [-0.3, -0.25) is 4.79 Å². The molecule has 0 bridgehead atoms. The van der Waals surface area contributed by atoms with Crippen LogP contribution in [0.3, 0.4) is 0 Å². The van der Waals surface area contributed by atoms with Crippen LogP contribution in [0.5, 0.6) is 0 Å². The van der Waals surface area contributed by atoms with Gasteiger partial charge in [0.1, 0.15) is 12.4 Å². The molecule has 3 rings (SSSR count). The zero-order chi connectivity index (χ0) is 21.2. The van der Waals surface area contributed by atoms with E-state index in [9.17, 15) is 13.2 Å². The lowest BCUT2D eigenvalue weighted by molar-refractivity contribution is -0.134. The molecule has 0 radical (unpaired) electrons. The zero-order valence-electron chi connectivity index (χ0n) is 16.4. The predicted octanol–water partition coefficient (Wildman–Crippen LogP) is 3.38. The van der Waals surface area contributed by atoms with E-state index in [1.807, 2.05) is 6.92 Å². The number of aryl methyl sites for hydroxylation is 1. The number of aromatic nitrogens is 3. The van der Waals surface area contributed by atoms with Crippen molar-refractivity contribution in [2.45, 2.75) is 45.7 Å². The van der Waals surface area contributed by atoms with Crippen LogP contribution in [0.25, 0.3) is 11.4 Å². The Bertz CT molecular complexity index is 1010. The number of amides is 1. The van der Waals surface area contributed by atoms with E-state index in [4.69, 9.17) is 23.2 Å². The Kier molecular flexibility index (Phi) is 6.86. The van der Waals surface area contributed by atoms with Crippen LogP contribution in [0.1, 0.15) is 32.0 Å². The summed E-state index contributed by atoms with van der Waals surface area (Å²) in [7, 11) is -3.08. The van der Waals surface area contributed by atoms with Gasteiger partial charge in [-0.25, -0.2) is 18.1 Å². The zero-order valence-corrected chi connectivity index (χ0v) is 18.8. The van der Waals surface area contributed by atoms with Crippen LogP contribution in [0.15, 0.2) is 18.2 Å². The summed E-state index contributed by atoms with van der Waals surface area (Å²) in [6.07, 6.45) is 2.21. The summed E-state index contributed by atoms with van der Waals surface area (Å²) < 4.78 is 25.4. The Morgan fingerprint density at radius 2 is 2.07 bits per heavy atom. The van der Waals surface area contributed by atoms with Crippen molar-refractivity contribution >= 4 is 38.9 Å². The van der Waals surface area contributed by atoms with E-state index >= 15 is 0 Å². The molecule has 2 aromatic rings. The van der Waals surface area contributed by atoms with Crippen molar-refractivity contribution in [1.29, 1.82) is 0 Å². The van der Waals surface area contributed by atoms with Gasteiger partial charge in [0.05, 0.1) is 21.6 Å². The molecule has 1 aliphatic heterocycles. The van der Waals surface area contributed by atoms with Crippen LogP contribution in [0.2, 0.25) is 10.0 Å². The first-order valence-corrected chi connectivity index (χ1v) is 12.1. The molecule has 1 saturated heterocycles.